The summed E-state index contributed by atoms with van der Waals surface area (Å²) in [6.45, 7) is 1.93. The topological polar surface area (TPSA) is 70.7 Å². The van der Waals surface area contributed by atoms with Crippen LogP contribution in [0.15, 0.2) is 24.4 Å². The Balaban J connectivity index is 1.42. The largest absolute Gasteiger partial charge is 0.342 e. The van der Waals surface area contributed by atoms with Crippen LogP contribution in [-0.4, -0.2) is 20.9 Å². The molecule has 2 heterocycles. The average Bonchev–Trinajstić information content (AvgIpc) is 3.02. The number of nitrogens with zero attached hydrogens (tertiary/aromatic N) is 2. The van der Waals surface area contributed by atoms with Crippen molar-refractivity contribution in [3.63, 3.8) is 0 Å². The summed E-state index contributed by atoms with van der Waals surface area (Å²) in [5.74, 6) is 1.51. The van der Waals surface area contributed by atoms with E-state index in [2.05, 4.69) is 20.3 Å². The van der Waals surface area contributed by atoms with Crippen molar-refractivity contribution in [3.05, 3.63) is 40.7 Å². The number of fused-ring (bicyclic) bond motifs is 1. The minimum absolute atomic E-state index is 0.0323. The van der Waals surface area contributed by atoms with Crippen molar-refractivity contribution in [2.45, 2.75) is 38.5 Å². The van der Waals surface area contributed by atoms with Crippen molar-refractivity contribution in [1.82, 2.24) is 15.0 Å². The van der Waals surface area contributed by atoms with Crippen LogP contribution in [0, 0.1) is 6.92 Å². The Kier molecular flexibility index (Phi) is 3.61. The Bertz CT molecular complexity index is 862. The van der Waals surface area contributed by atoms with Gasteiger partial charge in [-0.1, -0.05) is 12.5 Å². The number of nitrogens with one attached hydrogen (secondary N) is 2. The van der Waals surface area contributed by atoms with Gasteiger partial charge in [-0.3, -0.25) is 4.79 Å². The molecule has 1 aliphatic rings. The van der Waals surface area contributed by atoms with Gasteiger partial charge in [0.25, 0.3) is 0 Å². The van der Waals surface area contributed by atoms with Gasteiger partial charge in [0.2, 0.25) is 5.91 Å². The normalized spacial score (nSPS) is 14.8. The van der Waals surface area contributed by atoms with Crippen molar-refractivity contribution in [3.8, 4) is 0 Å². The molecule has 1 amide bonds. The van der Waals surface area contributed by atoms with Gasteiger partial charge in [-0.15, -0.1) is 11.3 Å². The monoisotopic (exact) mass is 326 g/mol. The highest BCUT2D eigenvalue weighted by Crippen LogP contribution is 2.39. The van der Waals surface area contributed by atoms with E-state index in [1.807, 2.05) is 31.3 Å². The molecular weight excluding hydrogens is 308 g/mol. The Morgan fingerprint density at radius 2 is 2.30 bits per heavy atom. The van der Waals surface area contributed by atoms with E-state index in [9.17, 15) is 4.79 Å². The number of rotatable bonds is 4. The minimum Gasteiger partial charge on any atom is -0.342 e. The van der Waals surface area contributed by atoms with Gasteiger partial charge in [0, 0.05) is 11.1 Å². The van der Waals surface area contributed by atoms with E-state index in [0.717, 1.165) is 22.4 Å². The molecule has 0 aliphatic heterocycles. The van der Waals surface area contributed by atoms with Gasteiger partial charge in [-0.05, 0) is 43.4 Å². The Labute approximate surface area is 138 Å². The molecule has 0 unspecified atom stereocenters. The number of hydrogen-bond acceptors (Lipinski definition) is 4. The molecule has 1 saturated carbocycles. The standard InChI is InChI=1S/C17H18N4OS/c1-10-19-13-6-5-11(7-14(13)20-10)8-16(22)21-17-18-9-15(23-17)12-3-2-4-12/h5-7,9,12H,2-4,8H2,1H3,(H,19,20)(H,18,21,22). The van der Waals surface area contributed by atoms with Crippen LogP contribution >= 0.6 is 11.3 Å². The molecule has 4 rings (SSSR count). The van der Waals surface area contributed by atoms with E-state index < -0.39 is 0 Å². The van der Waals surface area contributed by atoms with E-state index in [0.29, 0.717) is 17.5 Å². The number of benzene rings is 1. The van der Waals surface area contributed by atoms with Crippen LogP contribution in [0.5, 0.6) is 0 Å². The Hall–Kier alpha value is -2.21. The summed E-state index contributed by atoms with van der Waals surface area (Å²) in [5, 5.41) is 3.61. The third kappa shape index (κ3) is 2.99. The molecule has 0 spiro atoms. The molecule has 0 atom stereocenters. The lowest BCUT2D eigenvalue weighted by molar-refractivity contribution is -0.115. The van der Waals surface area contributed by atoms with Crippen LogP contribution in [0.3, 0.4) is 0 Å². The number of thiazole rings is 1. The van der Waals surface area contributed by atoms with Crippen LogP contribution in [0.2, 0.25) is 0 Å². The molecular formula is C17H18N4OS. The van der Waals surface area contributed by atoms with Crippen LogP contribution in [0.25, 0.3) is 11.0 Å². The van der Waals surface area contributed by atoms with E-state index in [-0.39, 0.29) is 5.91 Å². The van der Waals surface area contributed by atoms with Crippen LogP contribution in [-0.2, 0) is 11.2 Å². The molecule has 1 fully saturated rings. The smallest absolute Gasteiger partial charge is 0.230 e. The second-order valence-electron chi connectivity index (χ2n) is 6.09. The average molecular weight is 326 g/mol. The first kappa shape index (κ1) is 14.4. The molecule has 0 radical (unpaired) electrons. The molecule has 5 nitrogen and oxygen atoms in total. The van der Waals surface area contributed by atoms with Crippen molar-refractivity contribution < 1.29 is 4.79 Å². The number of H-pyrrole nitrogens is 1. The second-order valence-corrected chi connectivity index (χ2v) is 7.16. The molecule has 1 aromatic carbocycles. The maximum absolute atomic E-state index is 12.2. The number of carbonyl (C=O) groups is 1. The fourth-order valence-electron chi connectivity index (χ4n) is 2.87. The first-order valence-corrected chi connectivity index (χ1v) is 8.70. The van der Waals surface area contributed by atoms with Crippen molar-refractivity contribution >= 4 is 33.4 Å². The fraction of sp³-hybridized carbons (Fsp3) is 0.353. The van der Waals surface area contributed by atoms with E-state index in [1.165, 1.54) is 24.1 Å². The van der Waals surface area contributed by atoms with Crippen LogP contribution in [0.1, 0.15) is 41.4 Å². The quantitative estimate of drug-likeness (QED) is 0.766. The maximum Gasteiger partial charge on any atom is 0.230 e. The van der Waals surface area contributed by atoms with E-state index in [1.54, 1.807) is 11.3 Å². The number of aryl methyl sites for hydroxylation is 1. The molecule has 23 heavy (non-hydrogen) atoms. The summed E-state index contributed by atoms with van der Waals surface area (Å²) >= 11 is 1.60. The molecule has 0 saturated heterocycles. The summed E-state index contributed by atoms with van der Waals surface area (Å²) in [7, 11) is 0. The zero-order valence-corrected chi connectivity index (χ0v) is 13.7. The second kappa shape index (κ2) is 5.77. The molecule has 6 heteroatoms. The highest BCUT2D eigenvalue weighted by atomic mass is 32.1. The van der Waals surface area contributed by atoms with Crippen molar-refractivity contribution in [2.24, 2.45) is 0 Å². The number of aromatic amines is 1. The zero-order chi connectivity index (χ0) is 15.8. The maximum atomic E-state index is 12.2. The third-order valence-corrected chi connectivity index (χ3v) is 5.38. The molecule has 118 valence electrons. The number of carbonyl (C=O) groups excluding carboxylic acids is 1. The van der Waals surface area contributed by atoms with Crippen LogP contribution < -0.4 is 5.32 Å². The third-order valence-electron chi connectivity index (χ3n) is 4.31. The minimum atomic E-state index is -0.0323. The van der Waals surface area contributed by atoms with E-state index >= 15 is 0 Å². The lowest BCUT2D eigenvalue weighted by Gasteiger charge is -2.23. The van der Waals surface area contributed by atoms with Gasteiger partial charge < -0.3 is 10.3 Å². The molecule has 3 aromatic rings. The highest BCUT2D eigenvalue weighted by molar-refractivity contribution is 7.15. The number of hydrogen-bond donors (Lipinski definition) is 2. The van der Waals surface area contributed by atoms with Gasteiger partial charge in [0.15, 0.2) is 5.13 Å². The van der Waals surface area contributed by atoms with Crippen molar-refractivity contribution in [1.29, 1.82) is 0 Å². The Morgan fingerprint density at radius 1 is 1.43 bits per heavy atom. The van der Waals surface area contributed by atoms with E-state index in [4.69, 9.17) is 0 Å². The molecule has 0 bridgehead atoms. The number of aromatic nitrogens is 3. The van der Waals surface area contributed by atoms with Gasteiger partial charge in [-0.25, -0.2) is 9.97 Å². The fourth-order valence-corrected chi connectivity index (χ4v) is 3.87. The number of imidazole rings is 1. The van der Waals surface area contributed by atoms with Gasteiger partial charge in [0.05, 0.1) is 17.5 Å². The summed E-state index contributed by atoms with van der Waals surface area (Å²) in [5.41, 5.74) is 2.86. The van der Waals surface area contributed by atoms with Crippen LogP contribution in [0.4, 0.5) is 5.13 Å². The van der Waals surface area contributed by atoms with Gasteiger partial charge >= 0.3 is 0 Å². The number of anilines is 1. The lowest BCUT2D eigenvalue weighted by Crippen LogP contribution is -2.14. The molecule has 1 aliphatic carbocycles. The first-order chi connectivity index (χ1) is 11.2. The van der Waals surface area contributed by atoms with Gasteiger partial charge in [0.1, 0.15) is 5.82 Å². The number of amides is 1. The lowest BCUT2D eigenvalue weighted by atomic mass is 9.85. The summed E-state index contributed by atoms with van der Waals surface area (Å²) < 4.78 is 0. The highest BCUT2D eigenvalue weighted by Gasteiger charge is 2.22. The predicted octanol–water partition coefficient (Wildman–Crippen LogP) is 3.78. The summed E-state index contributed by atoms with van der Waals surface area (Å²) in [6.07, 6.45) is 6.05. The zero-order valence-electron chi connectivity index (χ0n) is 12.9. The predicted molar refractivity (Wildman–Crippen MR) is 91.9 cm³/mol. The first-order valence-electron chi connectivity index (χ1n) is 7.88. The SMILES string of the molecule is Cc1nc2ccc(CC(=O)Nc3ncc(C4CCC4)s3)cc2[nH]1. The Morgan fingerprint density at radius 3 is 3.09 bits per heavy atom. The summed E-state index contributed by atoms with van der Waals surface area (Å²) in [6, 6.07) is 5.87. The van der Waals surface area contributed by atoms with Gasteiger partial charge in [-0.2, -0.15) is 0 Å². The summed E-state index contributed by atoms with van der Waals surface area (Å²) in [4.78, 5) is 25.4. The molecule has 2 N–H and O–H groups in total. The van der Waals surface area contributed by atoms with Crippen molar-refractivity contribution in [2.75, 3.05) is 5.32 Å². The molecule has 2 aromatic heterocycles.